The third-order valence-corrected chi connectivity index (χ3v) is 15.7. The van der Waals surface area contributed by atoms with E-state index in [2.05, 4.69) is 246 Å². The summed E-state index contributed by atoms with van der Waals surface area (Å²) in [6.45, 7) is 0. The van der Waals surface area contributed by atoms with Gasteiger partial charge in [0.15, 0.2) is 5.65 Å². The highest BCUT2D eigenvalue weighted by Crippen LogP contribution is 2.45. The number of thiophene rings is 1. The van der Waals surface area contributed by atoms with Crippen molar-refractivity contribution in [2.45, 2.75) is 0 Å². The molecule has 11 aromatic carbocycles. The zero-order chi connectivity index (χ0) is 45.2. The lowest BCUT2D eigenvalue weighted by atomic mass is 9.91. The van der Waals surface area contributed by atoms with Gasteiger partial charge in [0.05, 0.1) is 32.5 Å². The van der Waals surface area contributed by atoms with Crippen LogP contribution >= 0.6 is 11.3 Å². The lowest BCUT2D eigenvalue weighted by molar-refractivity contribution is 1.18. The summed E-state index contributed by atoms with van der Waals surface area (Å²) in [6, 6.07) is 86.9. The maximum atomic E-state index is 5.41. The maximum absolute atomic E-state index is 5.41. The Morgan fingerprint density at radius 1 is 0.319 bits per heavy atom. The smallest absolute Gasteiger partial charge is 0.156 e. The molecule has 0 bridgehead atoms. The Morgan fingerprint density at radius 2 is 0.884 bits per heavy atom. The van der Waals surface area contributed by atoms with Crippen molar-refractivity contribution in [3.8, 4) is 50.3 Å². The number of imidazole rings is 1. The summed E-state index contributed by atoms with van der Waals surface area (Å²) >= 11 is 1.86. The van der Waals surface area contributed by atoms with Crippen LogP contribution in [0.2, 0.25) is 0 Å². The Bertz CT molecular complexity index is 4570. The number of hydrogen-bond acceptors (Lipinski definition) is 2. The molecule has 0 fully saturated rings. The highest BCUT2D eigenvalue weighted by molar-refractivity contribution is 7.27. The molecule has 0 radical (unpaired) electrons. The second kappa shape index (κ2) is 14.8. The number of benzene rings is 11. The molecule has 320 valence electrons. The quantitative estimate of drug-likeness (QED) is 0.169. The molecule has 0 aliphatic carbocycles. The maximum Gasteiger partial charge on any atom is 0.156 e. The fourth-order valence-electron chi connectivity index (χ4n) is 11.2. The van der Waals surface area contributed by atoms with Crippen molar-refractivity contribution < 1.29 is 0 Å². The SMILES string of the molecule is c1ccc(-n2c3ccccc3c3ccc(-c4ccc(-c5ccc(-c6ccc(-c7cc8c9ccc%10ccccc%10c9sc8c8nc9cc%10ccccc%10cc9n78)cc6)c6ccccc56)cc4)cc32)cc1. The van der Waals surface area contributed by atoms with E-state index in [0.29, 0.717) is 0 Å². The van der Waals surface area contributed by atoms with Crippen LogP contribution in [0.4, 0.5) is 0 Å². The molecule has 0 saturated heterocycles. The van der Waals surface area contributed by atoms with Crippen LogP contribution in [0.5, 0.6) is 0 Å². The molecule has 0 aliphatic heterocycles. The molecule has 69 heavy (non-hydrogen) atoms. The zero-order valence-electron chi connectivity index (χ0n) is 37.3. The molecule has 4 heterocycles. The van der Waals surface area contributed by atoms with Gasteiger partial charge in [-0.3, -0.25) is 4.40 Å². The Morgan fingerprint density at radius 3 is 1.62 bits per heavy atom. The second-order valence-corrected chi connectivity index (χ2v) is 19.3. The summed E-state index contributed by atoms with van der Waals surface area (Å²) < 4.78 is 7.31. The molecule has 0 unspecified atom stereocenters. The number of fused-ring (bicyclic) bond motifs is 14. The number of hydrogen-bond donors (Lipinski definition) is 0. The van der Waals surface area contributed by atoms with Crippen LogP contribution in [-0.2, 0) is 0 Å². The van der Waals surface area contributed by atoms with Crippen LogP contribution in [-0.4, -0.2) is 14.0 Å². The average Bonchev–Trinajstić information content (AvgIpc) is 4.09. The first kappa shape index (κ1) is 38.3. The highest BCUT2D eigenvalue weighted by Gasteiger charge is 2.20. The van der Waals surface area contributed by atoms with Gasteiger partial charge in [0.25, 0.3) is 0 Å². The van der Waals surface area contributed by atoms with Gasteiger partial charge < -0.3 is 4.57 Å². The van der Waals surface area contributed by atoms with Crippen molar-refractivity contribution >= 4 is 102 Å². The standard InChI is InChI=1S/C65H39N3S/c1-2-15-48(16-3-1)67-59-21-11-10-20-54(59)55-32-31-47(37-61(55)67)40-22-24-42(25-23-40)49-34-35-50(53-19-9-8-18-52(49)53)43-26-28-44(29-27-43)60-39-57-56-33-30-41-12-6-7-17-51(41)63(56)69-64(57)65-66-58-36-45-13-4-5-14-46(45)38-62(58)68(60)65/h1-39H. The molecule has 15 aromatic rings. The van der Waals surface area contributed by atoms with Crippen LogP contribution < -0.4 is 0 Å². The number of nitrogens with zero attached hydrogens (tertiary/aromatic N) is 3. The van der Waals surface area contributed by atoms with Crippen LogP contribution in [0.15, 0.2) is 237 Å². The van der Waals surface area contributed by atoms with Crippen molar-refractivity contribution in [2.24, 2.45) is 0 Å². The van der Waals surface area contributed by atoms with Gasteiger partial charge in [0, 0.05) is 31.9 Å². The molecular formula is C65H39N3S. The Labute approximate surface area is 401 Å². The molecule has 15 rings (SSSR count). The van der Waals surface area contributed by atoms with E-state index in [4.69, 9.17) is 4.98 Å². The largest absolute Gasteiger partial charge is 0.309 e. The van der Waals surface area contributed by atoms with Gasteiger partial charge >= 0.3 is 0 Å². The molecule has 4 heteroatoms. The van der Waals surface area contributed by atoms with E-state index >= 15 is 0 Å². The highest BCUT2D eigenvalue weighted by atomic mass is 32.1. The first-order valence-electron chi connectivity index (χ1n) is 23.6. The van der Waals surface area contributed by atoms with Crippen molar-refractivity contribution in [2.75, 3.05) is 0 Å². The van der Waals surface area contributed by atoms with Gasteiger partial charge in [0.2, 0.25) is 0 Å². The number of rotatable bonds is 5. The fourth-order valence-corrected chi connectivity index (χ4v) is 12.5. The Kier molecular flexibility index (Phi) is 8.23. The predicted octanol–water partition coefficient (Wildman–Crippen LogP) is 18.1. The predicted molar refractivity (Wildman–Crippen MR) is 294 cm³/mol. The molecule has 0 aliphatic rings. The average molecular weight is 894 g/mol. The number of aromatic nitrogens is 3. The summed E-state index contributed by atoms with van der Waals surface area (Å²) in [7, 11) is 0. The minimum Gasteiger partial charge on any atom is -0.309 e. The molecule has 0 saturated carbocycles. The van der Waals surface area contributed by atoms with E-state index in [1.54, 1.807) is 0 Å². The van der Waals surface area contributed by atoms with Gasteiger partial charge in [-0.15, -0.1) is 11.3 Å². The normalized spacial score (nSPS) is 12.1. The van der Waals surface area contributed by atoms with Crippen molar-refractivity contribution in [3.05, 3.63) is 237 Å². The van der Waals surface area contributed by atoms with Crippen LogP contribution in [0.1, 0.15) is 0 Å². The molecule has 3 nitrogen and oxygen atoms in total. The third-order valence-electron chi connectivity index (χ3n) is 14.5. The van der Waals surface area contributed by atoms with Gasteiger partial charge in [-0.05, 0) is 114 Å². The van der Waals surface area contributed by atoms with Gasteiger partial charge in [-0.25, -0.2) is 4.98 Å². The number of para-hydroxylation sites is 2. The van der Waals surface area contributed by atoms with Crippen molar-refractivity contribution in [3.63, 3.8) is 0 Å². The van der Waals surface area contributed by atoms with Crippen LogP contribution in [0.25, 0.3) is 141 Å². The van der Waals surface area contributed by atoms with E-state index in [0.717, 1.165) is 27.9 Å². The monoisotopic (exact) mass is 893 g/mol. The third kappa shape index (κ3) is 5.83. The topological polar surface area (TPSA) is 22.2 Å². The molecule has 0 N–H and O–H groups in total. The van der Waals surface area contributed by atoms with E-state index in [-0.39, 0.29) is 0 Å². The molecular weight excluding hydrogens is 855 g/mol. The van der Waals surface area contributed by atoms with Crippen LogP contribution in [0, 0.1) is 0 Å². The van der Waals surface area contributed by atoms with E-state index in [1.165, 1.54) is 113 Å². The summed E-state index contributed by atoms with van der Waals surface area (Å²) in [5.41, 5.74) is 16.2. The minimum atomic E-state index is 1.00. The van der Waals surface area contributed by atoms with Gasteiger partial charge in [0.1, 0.15) is 0 Å². The molecule has 0 atom stereocenters. The van der Waals surface area contributed by atoms with Gasteiger partial charge in [-0.1, -0.05) is 194 Å². The lowest BCUT2D eigenvalue weighted by Crippen LogP contribution is -1.93. The Hall–Kier alpha value is -8.83. The lowest BCUT2D eigenvalue weighted by Gasteiger charge is -2.14. The summed E-state index contributed by atoms with van der Waals surface area (Å²) in [4.78, 5) is 5.41. The van der Waals surface area contributed by atoms with E-state index in [1.807, 2.05) is 11.3 Å². The van der Waals surface area contributed by atoms with Gasteiger partial charge in [-0.2, -0.15) is 0 Å². The Balaban J connectivity index is 0.821. The summed E-state index contributed by atoms with van der Waals surface area (Å²) in [6.07, 6.45) is 0. The molecule has 4 aromatic heterocycles. The van der Waals surface area contributed by atoms with Crippen molar-refractivity contribution in [1.82, 2.24) is 14.0 Å². The zero-order valence-corrected chi connectivity index (χ0v) is 38.1. The summed E-state index contributed by atoms with van der Waals surface area (Å²) in [5.74, 6) is 0. The number of pyridine rings is 1. The van der Waals surface area contributed by atoms with Crippen molar-refractivity contribution in [1.29, 1.82) is 0 Å². The molecule has 0 spiro atoms. The van der Waals surface area contributed by atoms with E-state index < -0.39 is 0 Å². The second-order valence-electron chi connectivity index (χ2n) is 18.3. The minimum absolute atomic E-state index is 1.00. The van der Waals surface area contributed by atoms with E-state index in [9.17, 15) is 0 Å². The van der Waals surface area contributed by atoms with Crippen LogP contribution in [0.3, 0.4) is 0 Å². The molecule has 0 amide bonds. The first-order valence-corrected chi connectivity index (χ1v) is 24.4. The first-order chi connectivity index (χ1) is 34.2. The fraction of sp³-hybridized carbons (Fsp3) is 0. The summed E-state index contributed by atoms with van der Waals surface area (Å²) in [5, 5.41) is 12.5.